The molecule has 0 aliphatic heterocycles. The summed E-state index contributed by atoms with van der Waals surface area (Å²) in [5.74, 6) is 0.594. The van der Waals surface area contributed by atoms with E-state index in [1.807, 2.05) is 6.07 Å². The van der Waals surface area contributed by atoms with Gasteiger partial charge in [0.15, 0.2) is 11.7 Å². The summed E-state index contributed by atoms with van der Waals surface area (Å²) in [6.07, 6.45) is 9.34. The van der Waals surface area contributed by atoms with Crippen LogP contribution in [0.2, 0.25) is 0 Å². The number of aryl methyl sites for hydroxylation is 1. The molecule has 0 bridgehead atoms. The molecule has 0 aromatic heterocycles. The fraction of sp³-hybridized carbons (Fsp3) is 0.579. The first kappa shape index (κ1) is 18.0. The number of nitrogens with one attached hydrogen (secondary N) is 3. The van der Waals surface area contributed by atoms with Gasteiger partial charge >= 0.3 is 0 Å². The number of carbonyl (C=O) groups excluding carboxylic acids is 1. The number of hydrogen-bond acceptors (Lipinski definition) is 3. The highest BCUT2D eigenvalue weighted by Crippen LogP contribution is 2.32. The number of benzene rings is 1. The summed E-state index contributed by atoms with van der Waals surface area (Å²) < 4.78 is 5.73. The highest BCUT2D eigenvalue weighted by atomic mass is 32.1. The largest absolute Gasteiger partial charge is 0.483 e. The van der Waals surface area contributed by atoms with Crippen molar-refractivity contribution >= 4 is 23.2 Å². The molecular weight excluding hydrogens is 334 g/mol. The molecule has 2 aliphatic rings. The van der Waals surface area contributed by atoms with Gasteiger partial charge in [-0.25, -0.2) is 0 Å². The Hall–Kier alpha value is -1.82. The van der Waals surface area contributed by atoms with E-state index in [9.17, 15) is 4.79 Å². The number of thiocarbonyl (C=S) groups is 1. The van der Waals surface area contributed by atoms with E-state index >= 15 is 0 Å². The van der Waals surface area contributed by atoms with Crippen LogP contribution in [0.25, 0.3) is 0 Å². The summed E-state index contributed by atoms with van der Waals surface area (Å²) in [4.78, 5) is 12.0. The van der Waals surface area contributed by atoms with Gasteiger partial charge in [0.1, 0.15) is 5.75 Å². The minimum absolute atomic E-state index is 0.0193. The molecule has 0 saturated heterocycles. The van der Waals surface area contributed by atoms with E-state index in [4.69, 9.17) is 17.0 Å². The third-order valence-corrected chi connectivity index (χ3v) is 5.31. The molecule has 6 heteroatoms. The molecule has 3 N–H and O–H groups in total. The normalized spacial score (nSPS) is 16.8. The van der Waals surface area contributed by atoms with E-state index < -0.39 is 0 Å². The molecule has 1 saturated carbocycles. The molecule has 136 valence electrons. The van der Waals surface area contributed by atoms with Gasteiger partial charge in [-0.3, -0.25) is 15.6 Å². The lowest BCUT2D eigenvalue weighted by Gasteiger charge is -2.24. The minimum atomic E-state index is -0.236. The Labute approximate surface area is 154 Å². The molecule has 5 nitrogen and oxygen atoms in total. The molecule has 1 aromatic carbocycles. The van der Waals surface area contributed by atoms with Crippen LogP contribution in [-0.2, 0) is 17.6 Å². The maximum Gasteiger partial charge on any atom is 0.276 e. The second kappa shape index (κ2) is 8.52. The fourth-order valence-corrected chi connectivity index (χ4v) is 3.98. The first-order valence-electron chi connectivity index (χ1n) is 9.23. The number of hydrogen-bond donors (Lipinski definition) is 3. The van der Waals surface area contributed by atoms with Gasteiger partial charge in [-0.15, -0.1) is 0 Å². The lowest BCUT2D eigenvalue weighted by molar-refractivity contribution is -0.123. The smallest absolute Gasteiger partial charge is 0.276 e. The Morgan fingerprint density at radius 3 is 2.68 bits per heavy atom. The van der Waals surface area contributed by atoms with Crippen molar-refractivity contribution in [2.45, 2.75) is 64.3 Å². The molecule has 0 atom stereocenters. The second-order valence-electron chi connectivity index (χ2n) is 6.96. The van der Waals surface area contributed by atoms with E-state index in [0.29, 0.717) is 11.2 Å². The predicted octanol–water partition coefficient (Wildman–Crippen LogP) is 2.69. The molecule has 1 fully saturated rings. The number of hydrazine groups is 1. The third-order valence-electron chi connectivity index (χ3n) is 5.09. The van der Waals surface area contributed by atoms with Gasteiger partial charge in [-0.05, 0) is 74.0 Å². The minimum Gasteiger partial charge on any atom is -0.483 e. The van der Waals surface area contributed by atoms with E-state index in [-0.39, 0.29) is 12.5 Å². The topological polar surface area (TPSA) is 62.4 Å². The molecule has 2 aliphatic carbocycles. The molecule has 25 heavy (non-hydrogen) atoms. The van der Waals surface area contributed by atoms with E-state index in [1.54, 1.807) is 0 Å². The molecule has 3 rings (SSSR count). The highest BCUT2D eigenvalue weighted by Gasteiger charge is 2.18. The average Bonchev–Trinajstić information content (AvgIpc) is 3.11. The number of fused-ring (bicyclic) bond motifs is 1. The van der Waals surface area contributed by atoms with Gasteiger partial charge in [0.25, 0.3) is 5.91 Å². The number of amides is 1. The summed E-state index contributed by atoms with van der Waals surface area (Å²) in [5, 5.41) is 3.72. The lowest BCUT2D eigenvalue weighted by atomic mass is 9.96. The number of ether oxygens (including phenoxy) is 1. The average molecular weight is 362 g/mol. The van der Waals surface area contributed by atoms with Crippen LogP contribution in [0.15, 0.2) is 12.1 Å². The Bertz CT molecular complexity index is 642. The van der Waals surface area contributed by atoms with Crippen molar-refractivity contribution in [3.8, 4) is 5.75 Å². The maximum atomic E-state index is 12.0. The standard InChI is InChI=1S/C19H27N3O2S/c1-13-10-11-17(16-9-5-8-15(13)16)24-12-18(23)21-22-19(25)20-14-6-3-2-4-7-14/h10-11,14H,2-9,12H2,1H3,(H,21,23)(H2,20,22,25). The van der Waals surface area contributed by atoms with Crippen molar-refractivity contribution in [3.63, 3.8) is 0 Å². The molecule has 1 aromatic rings. The number of rotatable bonds is 4. The van der Waals surface area contributed by atoms with Crippen LogP contribution in [0.5, 0.6) is 5.75 Å². The SMILES string of the molecule is Cc1ccc(OCC(=O)NNC(=S)NC2CCCCC2)c2c1CCC2. The fourth-order valence-electron chi connectivity index (χ4n) is 3.76. The first-order chi connectivity index (χ1) is 12.1. The first-order valence-corrected chi connectivity index (χ1v) is 9.64. The zero-order valence-electron chi connectivity index (χ0n) is 14.8. The summed E-state index contributed by atoms with van der Waals surface area (Å²) in [7, 11) is 0. The molecule has 0 radical (unpaired) electrons. The maximum absolute atomic E-state index is 12.0. The molecule has 0 unspecified atom stereocenters. The van der Waals surface area contributed by atoms with Gasteiger partial charge in [-0.1, -0.05) is 25.3 Å². The zero-order valence-corrected chi connectivity index (χ0v) is 15.6. The van der Waals surface area contributed by atoms with E-state index in [1.165, 1.54) is 36.0 Å². The van der Waals surface area contributed by atoms with Crippen LogP contribution in [0, 0.1) is 6.92 Å². The third kappa shape index (κ3) is 4.84. The van der Waals surface area contributed by atoms with Crippen LogP contribution >= 0.6 is 12.2 Å². The van der Waals surface area contributed by atoms with Gasteiger partial charge < -0.3 is 10.1 Å². The van der Waals surface area contributed by atoms with Gasteiger partial charge in [-0.2, -0.15) is 0 Å². The van der Waals surface area contributed by atoms with Gasteiger partial charge in [0, 0.05) is 6.04 Å². The molecular formula is C19H27N3O2S. The van der Waals surface area contributed by atoms with Crippen LogP contribution in [0.3, 0.4) is 0 Å². The van der Waals surface area contributed by atoms with Crippen molar-refractivity contribution in [1.29, 1.82) is 0 Å². The van der Waals surface area contributed by atoms with E-state index in [0.717, 1.165) is 37.9 Å². The van der Waals surface area contributed by atoms with Crippen molar-refractivity contribution < 1.29 is 9.53 Å². The predicted molar refractivity (Wildman–Crippen MR) is 103 cm³/mol. The number of carbonyl (C=O) groups is 1. The Morgan fingerprint density at radius 1 is 1.12 bits per heavy atom. The summed E-state index contributed by atoms with van der Waals surface area (Å²) in [6.45, 7) is 2.11. The molecule has 0 heterocycles. The van der Waals surface area contributed by atoms with Crippen LogP contribution in [0.4, 0.5) is 0 Å². The lowest BCUT2D eigenvalue weighted by Crippen LogP contribution is -2.51. The van der Waals surface area contributed by atoms with Gasteiger partial charge in [0.05, 0.1) is 0 Å². The van der Waals surface area contributed by atoms with Crippen LogP contribution in [-0.4, -0.2) is 23.7 Å². The van der Waals surface area contributed by atoms with Gasteiger partial charge in [0.2, 0.25) is 0 Å². The van der Waals surface area contributed by atoms with Crippen molar-refractivity contribution in [2.75, 3.05) is 6.61 Å². The molecule has 0 spiro atoms. The monoisotopic (exact) mass is 361 g/mol. The summed E-state index contributed by atoms with van der Waals surface area (Å²) in [6, 6.07) is 4.45. The Morgan fingerprint density at radius 2 is 1.88 bits per heavy atom. The van der Waals surface area contributed by atoms with Crippen molar-refractivity contribution in [3.05, 3.63) is 28.8 Å². The Balaban J connectivity index is 1.41. The zero-order chi connectivity index (χ0) is 17.6. The quantitative estimate of drug-likeness (QED) is 0.569. The van der Waals surface area contributed by atoms with Crippen LogP contribution in [0.1, 0.15) is 55.2 Å². The van der Waals surface area contributed by atoms with Crippen molar-refractivity contribution in [2.24, 2.45) is 0 Å². The van der Waals surface area contributed by atoms with Crippen LogP contribution < -0.4 is 20.9 Å². The molecule has 1 amide bonds. The summed E-state index contributed by atoms with van der Waals surface area (Å²) >= 11 is 5.23. The Kier molecular flexibility index (Phi) is 6.13. The summed E-state index contributed by atoms with van der Waals surface area (Å²) in [5.41, 5.74) is 9.32. The van der Waals surface area contributed by atoms with E-state index in [2.05, 4.69) is 29.2 Å². The highest BCUT2D eigenvalue weighted by molar-refractivity contribution is 7.80. The van der Waals surface area contributed by atoms with Crippen molar-refractivity contribution in [1.82, 2.24) is 16.2 Å². The second-order valence-corrected chi connectivity index (χ2v) is 7.37.